The number of nitrogens with one attached hydrogen (secondary N) is 1. The molecule has 1 saturated carbocycles. The van der Waals surface area contributed by atoms with Crippen molar-refractivity contribution < 1.29 is 4.79 Å². The predicted octanol–water partition coefficient (Wildman–Crippen LogP) is 2.85. The Kier molecular flexibility index (Phi) is 3.81. The van der Waals surface area contributed by atoms with Gasteiger partial charge in [-0.2, -0.15) is 0 Å². The molecule has 6 heteroatoms. The second-order valence-electron chi connectivity index (χ2n) is 6.47. The Morgan fingerprint density at radius 3 is 2.91 bits per heavy atom. The van der Waals surface area contributed by atoms with E-state index in [1.807, 2.05) is 16.8 Å². The summed E-state index contributed by atoms with van der Waals surface area (Å²) >= 11 is 0. The second-order valence-corrected chi connectivity index (χ2v) is 6.47. The van der Waals surface area contributed by atoms with Gasteiger partial charge in [-0.25, -0.2) is 9.67 Å². The van der Waals surface area contributed by atoms with Crippen molar-refractivity contribution in [3.8, 4) is 0 Å². The number of carbonyl (C=O) groups excluding carboxylic acids is 1. The molecule has 2 aromatic rings. The van der Waals surface area contributed by atoms with Crippen LogP contribution in [-0.4, -0.2) is 25.7 Å². The number of fused-ring (bicyclic) bond motifs is 1. The summed E-state index contributed by atoms with van der Waals surface area (Å²) < 4.78 is 1.91. The lowest BCUT2D eigenvalue weighted by atomic mass is 9.96. The smallest absolute Gasteiger partial charge is 0.248 e. The lowest BCUT2D eigenvalue weighted by molar-refractivity contribution is -0.117. The number of carbonyl (C=O) groups is 1. The van der Waals surface area contributed by atoms with Gasteiger partial charge in [-0.3, -0.25) is 15.1 Å². The van der Waals surface area contributed by atoms with E-state index in [-0.39, 0.29) is 11.8 Å². The molecule has 23 heavy (non-hydrogen) atoms. The van der Waals surface area contributed by atoms with Crippen molar-refractivity contribution in [1.82, 2.24) is 19.7 Å². The molecule has 1 amide bonds. The minimum Gasteiger partial charge on any atom is -0.293 e. The van der Waals surface area contributed by atoms with Crippen LogP contribution in [0.1, 0.15) is 61.7 Å². The van der Waals surface area contributed by atoms with E-state index in [4.69, 9.17) is 0 Å². The molecule has 2 aliphatic carbocycles. The lowest BCUT2D eigenvalue weighted by Crippen LogP contribution is -2.21. The molecule has 1 N–H and O–H groups in total. The maximum atomic E-state index is 12.5. The van der Waals surface area contributed by atoms with E-state index in [9.17, 15) is 4.79 Å². The first kappa shape index (κ1) is 14.4. The Hall–Kier alpha value is -2.24. The molecule has 120 valence electrons. The molecule has 0 aromatic carbocycles. The average Bonchev–Trinajstić information content (AvgIpc) is 3.22. The van der Waals surface area contributed by atoms with Crippen molar-refractivity contribution in [3.05, 3.63) is 35.9 Å². The molecule has 0 bridgehead atoms. The van der Waals surface area contributed by atoms with Crippen LogP contribution in [0.3, 0.4) is 0 Å². The van der Waals surface area contributed by atoms with Crippen molar-refractivity contribution in [2.45, 2.75) is 56.9 Å². The number of anilines is 1. The molecule has 1 atom stereocenters. The highest BCUT2D eigenvalue weighted by Crippen LogP contribution is 2.32. The van der Waals surface area contributed by atoms with Crippen LogP contribution in [0, 0.1) is 0 Å². The molecular weight excluding hydrogens is 290 g/mol. The van der Waals surface area contributed by atoms with Crippen LogP contribution >= 0.6 is 0 Å². The topological polar surface area (TPSA) is 72.7 Å². The van der Waals surface area contributed by atoms with Gasteiger partial charge >= 0.3 is 0 Å². The molecule has 2 aromatic heterocycles. The summed E-state index contributed by atoms with van der Waals surface area (Å²) in [6.45, 7) is 0. The highest BCUT2D eigenvalue weighted by Gasteiger charge is 2.30. The molecule has 0 spiro atoms. The molecule has 4 rings (SSSR count). The van der Waals surface area contributed by atoms with Crippen molar-refractivity contribution >= 4 is 11.9 Å². The first-order chi connectivity index (χ1) is 11.3. The van der Waals surface area contributed by atoms with Crippen LogP contribution in [0.5, 0.6) is 0 Å². The average molecular weight is 311 g/mol. The summed E-state index contributed by atoms with van der Waals surface area (Å²) in [5.74, 6) is 0.168. The quantitative estimate of drug-likeness (QED) is 0.946. The zero-order valence-electron chi connectivity index (χ0n) is 13.1. The SMILES string of the molecule is O=C(Nc1ncn(C2CCCCC2)n1)C1CCc2cccnc21. The Bertz CT molecular complexity index is 705. The number of aryl methyl sites for hydroxylation is 1. The number of hydrogen-bond donors (Lipinski definition) is 1. The molecule has 2 aliphatic rings. The first-order valence-electron chi connectivity index (χ1n) is 8.47. The Balaban J connectivity index is 1.44. The minimum absolute atomic E-state index is 0.0520. The van der Waals surface area contributed by atoms with Gasteiger partial charge in [0.05, 0.1) is 17.7 Å². The molecule has 0 saturated heterocycles. The second kappa shape index (κ2) is 6.10. The molecule has 1 unspecified atom stereocenters. The standard InChI is InChI=1S/C17H21N5O/c23-16(14-9-8-12-5-4-10-18-15(12)14)20-17-19-11-22(21-17)13-6-2-1-3-7-13/h4-5,10-11,13-14H,1-3,6-9H2,(H,20,21,23). The largest absolute Gasteiger partial charge is 0.293 e. The van der Waals surface area contributed by atoms with Crippen LogP contribution in [0.2, 0.25) is 0 Å². The zero-order valence-corrected chi connectivity index (χ0v) is 13.1. The van der Waals surface area contributed by atoms with Gasteiger partial charge in [0.1, 0.15) is 6.33 Å². The normalized spacial score (nSPS) is 21.1. The highest BCUT2D eigenvalue weighted by molar-refractivity contribution is 5.94. The summed E-state index contributed by atoms with van der Waals surface area (Å²) in [6, 6.07) is 4.40. The van der Waals surface area contributed by atoms with Gasteiger partial charge in [0.15, 0.2) is 0 Å². The predicted molar refractivity (Wildman–Crippen MR) is 86.1 cm³/mol. The maximum Gasteiger partial charge on any atom is 0.248 e. The molecular formula is C17H21N5O. The Labute approximate surface area is 135 Å². The van der Waals surface area contributed by atoms with Crippen molar-refractivity contribution in [1.29, 1.82) is 0 Å². The minimum atomic E-state index is -0.187. The van der Waals surface area contributed by atoms with E-state index < -0.39 is 0 Å². The van der Waals surface area contributed by atoms with E-state index in [0.29, 0.717) is 12.0 Å². The third-order valence-corrected chi connectivity index (χ3v) is 4.97. The van der Waals surface area contributed by atoms with Gasteiger partial charge in [0.2, 0.25) is 11.9 Å². The number of pyridine rings is 1. The van der Waals surface area contributed by atoms with Gasteiger partial charge in [-0.1, -0.05) is 25.3 Å². The van der Waals surface area contributed by atoms with E-state index >= 15 is 0 Å². The summed E-state index contributed by atoms with van der Waals surface area (Å²) in [7, 11) is 0. The maximum absolute atomic E-state index is 12.5. The number of rotatable bonds is 3. The van der Waals surface area contributed by atoms with Gasteiger partial charge in [-0.15, -0.1) is 5.10 Å². The van der Waals surface area contributed by atoms with E-state index in [1.165, 1.54) is 24.8 Å². The summed E-state index contributed by atoms with van der Waals surface area (Å²) in [5, 5.41) is 7.32. The van der Waals surface area contributed by atoms with Gasteiger partial charge in [0.25, 0.3) is 0 Å². The fraction of sp³-hybridized carbons (Fsp3) is 0.529. The zero-order chi connectivity index (χ0) is 15.6. The lowest BCUT2D eigenvalue weighted by Gasteiger charge is -2.21. The van der Waals surface area contributed by atoms with Crippen molar-refractivity contribution in [3.63, 3.8) is 0 Å². The number of aromatic nitrogens is 4. The fourth-order valence-electron chi connectivity index (χ4n) is 3.72. The van der Waals surface area contributed by atoms with Crippen LogP contribution in [0.25, 0.3) is 0 Å². The first-order valence-corrected chi connectivity index (χ1v) is 8.47. The number of amides is 1. The van der Waals surface area contributed by atoms with E-state index in [0.717, 1.165) is 31.4 Å². The number of hydrogen-bond acceptors (Lipinski definition) is 4. The van der Waals surface area contributed by atoms with Crippen LogP contribution in [0.15, 0.2) is 24.7 Å². The van der Waals surface area contributed by atoms with E-state index in [1.54, 1.807) is 12.5 Å². The monoisotopic (exact) mass is 311 g/mol. The van der Waals surface area contributed by atoms with Crippen LogP contribution in [0.4, 0.5) is 5.95 Å². The highest BCUT2D eigenvalue weighted by atomic mass is 16.2. The fourth-order valence-corrected chi connectivity index (χ4v) is 3.72. The molecule has 1 fully saturated rings. The van der Waals surface area contributed by atoms with E-state index in [2.05, 4.69) is 20.4 Å². The van der Waals surface area contributed by atoms with Crippen molar-refractivity contribution in [2.24, 2.45) is 0 Å². The number of nitrogens with zero attached hydrogens (tertiary/aromatic N) is 4. The van der Waals surface area contributed by atoms with Crippen molar-refractivity contribution in [2.75, 3.05) is 5.32 Å². The van der Waals surface area contributed by atoms with Gasteiger partial charge in [0, 0.05) is 6.20 Å². The summed E-state index contributed by atoms with van der Waals surface area (Å²) in [4.78, 5) is 21.2. The molecule has 0 radical (unpaired) electrons. The van der Waals surface area contributed by atoms with Gasteiger partial charge < -0.3 is 0 Å². The Morgan fingerprint density at radius 1 is 1.17 bits per heavy atom. The summed E-state index contributed by atoms with van der Waals surface area (Å²) in [5.41, 5.74) is 2.07. The Morgan fingerprint density at radius 2 is 2.04 bits per heavy atom. The molecule has 2 heterocycles. The van der Waals surface area contributed by atoms with Crippen LogP contribution in [-0.2, 0) is 11.2 Å². The summed E-state index contributed by atoms with van der Waals surface area (Å²) in [6.07, 6.45) is 11.3. The molecule has 0 aliphatic heterocycles. The van der Waals surface area contributed by atoms with Crippen LogP contribution < -0.4 is 5.32 Å². The third-order valence-electron chi connectivity index (χ3n) is 4.97. The van der Waals surface area contributed by atoms with Gasteiger partial charge in [-0.05, 0) is 37.3 Å². The molecule has 6 nitrogen and oxygen atoms in total. The third kappa shape index (κ3) is 2.85.